The number of rotatable bonds is 3. The van der Waals surface area contributed by atoms with Crippen molar-refractivity contribution in [2.45, 2.75) is 20.8 Å². The Hall–Kier alpha value is -0.150. The van der Waals surface area contributed by atoms with E-state index in [2.05, 4.69) is 25.7 Å². The Morgan fingerprint density at radius 3 is 2.18 bits per heavy atom. The number of hydrogen-bond donors (Lipinski definition) is 1. The van der Waals surface area contributed by atoms with Crippen molar-refractivity contribution < 1.29 is 0 Å². The molecule has 0 heterocycles. The van der Waals surface area contributed by atoms with Gasteiger partial charge in [-0.3, -0.25) is 4.90 Å². The molecule has 0 saturated heterocycles. The van der Waals surface area contributed by atoms with Gasteiger partial charge in [0.2, 0.25) is 0 Å². The van der Waals surface area contributed by atoms with Crippen LogP contribution in [0.4, 0.5) is 0 Å². The van der Waals surface area contributed by atoms with Gasteiger partial charge in [0.25, 0.3) is 0 Å². The van der Waals surface area contributed by atoms with Gasteiger partial charge < -0.3 is 5.73 Å². The molecule has 0 bridgehead atoms. The SMILES string of the molecule is CN(CC(N)=S)CC(C)(C)C. The molecule has 0 radical (unpaired) electrons. The van der Waals surface area contributed by atoms with Crippen LogP contribution in [0.15, 0.2) is 0 Å². The Morgan fingerprint density at radius 1 is 1.45 bits per heavy atom. The molecule has 66 valence electrons. The first-order chi connectivity index (χ1) is 4.81. The molecule has 3 heteroatoms. The van der Waals surface area contributed by atoms with Gasteiger partial charge in [0.05, 0.1) is 4.99 Å². The van der Waals surface area contributed by atoms with Gasteiger partial charge in [-0.1, -0.05) is 33.0 Å². The molecule has 0 aromatic carbocycles. The minimum atomic E-state index is 0.319. The maximum atomic E-state index is 5.40. The van der Waals surface area contributed by atoms with Crippen molar-refractivity contribution in [3.8, 4) is 0 Å². The van der Waals surface area contributed by atoms with Crippen LogP contribution in [0.1, 0.15) is 20.8 Å². The number of nitrogens with two attached hydrogens (primary N) is 1. The quantitative estimate of drug-likeness (QED) is 0.653. The van der Waals surface area contributed by atoms with Gasteiger partial charge in [0.15, 0.2) is 0 Å². The molecule has 0 amide bonds. The zero-order valence-corrected chi connectivity index (χ0v) is 8.66. The molecule has 0 fully saturated rings. The van der Waals surface area contributed by atoms with E-state index in [9.17, 15) is 0 Å². The summed E-state index contributed by atoms with van der Waals surface area (Å²) < 4.78 is 0. The molecule has 0 aliphatic rings. The van der Waals surface area contributed by atoms with Crippen LogP contribution in [0.3, 0.4) is 0 Å². The molecular formula is C8H18N2S. The van der Waals surface area contributed by atoms with E-state index in [4.69, 9.17) is 18.0 Å². The van der Waals surface area contributed by atoms with Gasteiger partial charge in [-0.15, -0.1) is 0 Å². The van der Waals surface area contributed by atoms with Crippen molar-refractivity contribution in [2.75, 3.05) is 20.1 Å². The standard InChI is InChI=1S/C8H18N2S/c1-8(2,3)6-10(4)5-7(9)11/h5-6H2,1-4H3,(H2,9,11). The van der Waals surface area contributed by atoms with Crippen LogP contribution in [0, 0.1) is 5.41 Å². The summed E-state index contributed by atoms with van der Waals surface area (Å²) in [5.41, 5.74) is 5.72. The number of likely N-dealkylation sites (N-methyl/N-ethyl adjacent to an activating group) is 1. The molecule has 0 atom stereocenters. The molecular weight excluding hydrogens is 156 g/mol. The zero-order chi connectivity index (χ0) is 9.07. The van der Waals surface area contributed by atoms with Crippen LogP contribution < -0.4 is 5.73 Å². The third-order valence-electron chi connectivity index (χ3n) is 1.17. The second-order valence-corrected chi connectivity index (χ2v) is 4.72. The van der Waals surface area contributed by atoms with E-state index in [0.29, 0.717) is 16.9 Å². The van der Waals surface area contributed by atoms with E-state index in [1.807, 2.05) is 7.05 Å². The molecule has 0 rings (SSSR count). The van der Waals surface area contributed by atoms with Gasteiger partial charge in [-0.05, 0) is 12.5 Å². The number of hydrogen-bond acceptors (Lipinski definition) is 2. The lowest BCUT2D eigenvalue weighted by Crippen LogP contribution is -2.35. The summed E-state index contributed by atoms with van der Waals surface area (Å²) >= 11 is 4.80. The summed E-state index contributed by atoms with van der Waals surface area (Å²) in [5, 5.41) is 0. The minimum Gasteiger partial charge on any atom is -0.392 e. The van der Waals surface area contributed by atoms with Gasteiger partial charge in [-0.25, -0.2) is 0 Å². The molecule has 11 heavy (non-hydrogen) atoms. The van der Waals surface area contributed by atoms with Gasteiger partial charge in [0, 0.05) is 13.1 Å². The maximum absolute atomic E-state index is 5.40. The van der Waals surface area contributed by atoms with E-state index < -0.39 is 0 Å². The van der Waals surface area contributed by atoms with Crippen LogP contribution in [0.2, 0.25) is 0 Å². The largest absolute Gasteiger partial charge is 0.392 e. The fourth-order valence-corrected chi connectivity index (χ4v) is 1.35. The van der Waals surface area contributed by atoms with E-state index in [0.717, 1.165) is 6.54 Å². The lowest BCUT2D eigenvalue weighted by Gasteiger charge is -2.25. The molecule has 0 unspecified atom stereocenters. The molecule has 0 spiro atoms. The highest BCUT2D eigenvalue weighted by molar-refractivity contribution is 7.80. The van der Waals surface area contributed by atoms with Crippen molar-refractivity contribution in [1.82, 2.24) is 4.90 Å². The van der Waals surface area contributed by atoms with E-state index in [1.54, 1.807) is 0 Å². The highest BCUT2D eigenvalue weighted by Crippen LogP contribution is 2.13. The van der Waals surface area contributed by atoms with E-state index in [-0.39, 0.29) is 0 Å². The van der Waals surface area contributed by atoms with E-state index >= 15 is 0 Å². The third-order valence-corrected chi connectivity index (χ3v) is 1.30. The van der Waals surface area contributed by atoms with Crippen LogP contribution >= 0.6 is 12.2 Å². The molecule has 2 nitrogen and oxygen atoms in total. The van der Waals surface area contributed by atoms with Gasteiger partial charge in [-0.2, -0.15) is 0 Å². The van der Waals surface area contributed by atoms with Crippen LogP contribution in [-0.2, 0) is 0 Å². The first-order valence-electron chi connectivity index (χ1n) is 3.78. The Bertz CT molecular complexity index is 138. The lowest BCUT2D eigenvalue weighted by molar-refractivity contribution is 0.250. The lowest BCUT2D eigenvalue weighted by atomic mass is 9.96. The number of nitrogens with zero attached hydrogens (tertiary/aromatic N) is 1. The molecule has 2 N–H and O–H groups in total. The fourth-order valence-electron chi connectivity index (χ4n) is 1.13. The van der Waals surface area contributed by atoms with Gasteiger partial charge >= 0.3 is 0 Å². The Kier molecular flexibility index (Phi) is 3.97. The summed E-state index contributed by atoms with van der Waals surface area (Å²) in [5.74, 6) is 0. The van der Waals surface area contributed by atoms with Crippen LogP contribution in [0.5, 0.6) is 0 Å². The summed E-state index contributed by atoms with van der Waals surface area (Å²) in [6, 6.07) is 0. The van der Waals surface area contributed by atoms with Gasteiger partial charge in [0.1, 0.15) is 0 Å². The number of thiocarbonyl (C=S) groups is 1. The molecule has 0 aliphatic carbocycles. The third kappa shape index (κ3) is 7.75. The first-order valence-corrected chi connectivity index (χ1v) is 4.19. The predicted molar refractivity (Wildman–Crippen MR) is 53.7 cm³/mol. The highest BCUT2D eigenvalue weighted by atomic mass is 32.1. The van der Waals surface area contributed by atoms with Crippen molar-refractivity contribution in [3.63, 3.8) is 0 Å². The average molecular weight is 174 g/mol. The Morgan fingerprint density at radius 2 is 1.91 bits per heavy atom. The summed E-state index contributed by atoms with van der Waals surface area (Å²) in [4.78, 5) is 2.71. The summed E-state index contributed by atoms with van der Waals surface area (Å²) in [7, 11) is 2.03. The molecule has 0 aliphatic heterocycles. The minimum absolute atomic E-state index is 0.319. The molecule has 0 aromatic heterocycles. The highest BCUT2D eigenvalue weighted by Gasteiger charge is 2.13. The van der Waals surface area contributed by atoms with Crippen LogP contribution in [0.25, 0.3) is 0 Å². The van der Waals surface area contributed by atoms with Crippen molar-refractivity contribution >= 4 is 17.2 Å². The Labute approximate surface area is 74.8 Å². The predicted octanol–water partition coefficient (Wildman–Crippen LogP) is 1.25. The smallest absolute Gasteiger partial charge is 0.0869 e. The maximum Gasteiger partial charge on any atom is 0.0869 e. The molecule has 0 saturated carbocycles. The first kappa shape index (κ1) is 10.8. The van der Waals surface area contributed by atoms with Crippen molar-refractivity contribution in [3.05, 3.63) is 0 Å². The summed E-state index contributed by atoms with van der Waals surface area (Å²) in [6.45, 7) is 8.33. The van der Waals surface area contributed by atoms with Crippen LogP contribution in [-0.4, -0.2) is 30.0 Å². The topological polar surface area (TPSA) is 29.3 Å². The average Bonchev–Trinajstić information content (AvgIpc) is 1.53. The second-order valence-electron chi connectivity index (χ2n) is 4.20. The fraction of sp³-hybridized carbons (Fsp3) is 0.875. The van der Waals surface area contributed by atoms with Crippen molar-refractivity contribution in [2.24, 2.45) is 11.1 Å². The Balaban J connectivity index is 3.69. The zero-order valence-electron chi connectivity index (χ0n) is 7.85. The summed E-state index contributed by atoms with van der Waals surface area (Å²) in [6.07, 6.45) is 0. The van der Waals surface area contributed by atoms with Crippen molar-refractivity contribution in [1.29, 1.82) is 0 Å². The second kappa shape index (κ2) is 4.02. The monoisotopic (exact) mass is 174 g/mol. The van der Waals surface area contributed by atoms with E-state index in [1.165, 1.54) is 0 Å². The normalized spacial score (nSPS) is 12.1. The molecule has 0 aromatic rings.